The Labute approximate surface area is 245 Å². The molecule has 0 spiro atoms. The van der Waals surface area contributed by atoms with Crippen LogP contribution in [0, 0.1) is 0 Å². The fourth-order valence-corrected chi connectivity index (χ4v) is 6.23. The quantitative estimate of drug-likeness (QED) is 0.186. The molecule has 2 heterocycles. The first kappa shape index (κ1) is 29.5. The Morgan fingerprint density at radius 3 is 2.10 bits per heavy atom. The van der Waals surface area contributed by atoms with E-state index >= 15 is 8.63 Å². The van der Waals surface area contributed by atoms with Crippen molar-refractivity contribution in [2.75, 3.05) is 13.2 Å². The molecular formula is C33H35BF2N2O4. The zero-order valence-corrected chi connectivity index (χ0v) is 24.1. The molecule has 0 saturated heterocycles. The number of carbonyl (C=O) groups excluding carboxylic acids is 2. The highest BCUT2D eigenvalue weighted by molar-refractivity contribution is 6.42. The van der Waals surface area contributed by atoms with Gasteiger partial charge in [0.25, 0.3) is 0 Å². The van der Waals surface area contributed by atoms with Crippen molar-refractivity contribution in [2.24, 2.45) is 4.99 Å². The van der Waals surface area contributed by atoms with Crippen LogP contribution in [0.15, 0.2) is 70.4 Å². The molecule has 1 aromatic heterocycles. The summed E-state index contributed by atoms with van der Waals surface area (Å²) >= 11 is 0. The molecule has 218 valence electrons. The molecule has 5 rings (SSSR count). The van der Waals surface area contributed by atoms with Gasteiger partial charge in [-0.15, -0.1) is 0 Å². The fraction of sp³-hybridized carbons (Fsp3) is 0.364. The van der Waals surface area contributed by atoms with Crippen LogP contribution in [-0.2, 0) is 31.9 Å². The van der Waals surface area contributed by atoms with Gasteiger partial charge in [-0.3, -0.25) is 8.63 Å². The number of ether oxygens (including phenoxy) is 2. The summed E-state index contributed by atoms with van der Waals surface area (Å²) in [6.07, 6.45) is 12.4. The standard InChI is InChI=1S/C33H35BF2N2O4/c1-3-41-29(39)20-18-27-23-14-8-10-16-25(23)32(37-27)31(22-12-6-5-7-13-22)33-26-17-11-9-15-24(26)28(38(33)34(35)36)19-21-30(40)42-4-2/h5-7,12-13,18-21H,3-4,8-11,14-17H2,1-2H3/b20-18+,21-19+,32-31-. The lowest BCUT2D eigenvalue weighted by molar-refractivity contribution is -0.138. The number of aliphatic imine (C=N–C) groups is 1. The van der Waals surface area contributed by atoms with Gasteiger partial charge in [0.15, 0.2) is 0 Å². The van der Waals surface area contributed by atoms with Crippen molar-refractivity contribution in [1.29, 1.82) is 0 Å². The van der Waals surface area contributed by atoms with Gasteiger partial charge < -0.3 is 14.0 Å². The minimum atomic E-state index is -2.85. The second-order valence-corrected chi connectivity index (χ2v) is 10.5. The number of hydrogen-bond acceptors (Lipinski definition) is 5. The number of rotatable bonds is 9. The van der Waals surface area contributed by atoms with Crippen molar-refractivity contribution in [1.82, 2.24) is 4.48 Å². The van der Waals surface area contributed by atoms with E-state index in [1.54, 1.807) is 19.9 Å². The van der Waals surface area contributed by atoms with Crippen LogP contribution in [0.2, 0.25) is 0 Å². The van der Waals surface area contributed by atoms with Crippen LogP contribution in [0.1, 0.15) is 80.5 Å². The number of hydrogen-bond donors (Lipinski definition) is 0. The van der Waals surface area contributed by atoms with E-state index in [-0.39, 0.29) is 13.2 Å². The topological polar surface area (TPSA) is 69.9 Å². The van der Waals surface area contributed by atoms with Gasteiger partial charge in [0.1, 0.15) is 0 Å². The van der Waals surface area contributed by atoms with E-state index in [4.69, 9.17) is 14.5 Å². The van der Waals surface area contributed by atoms with Gasteiger partial charge in [-0.1, -0.05) is 30.3 Å². The van der Waals surface area contributed by atoms with Gasteiger partial charge in [-0.25, -0.2) is 14.6 Å². The summed E-state index contributed by atoms with van der Waals surface area (Å²) in [5, 5.41) is 0. The number of fused-ring (bicyclic) bond motifs is 1. The van der Waals surface area contributed by atoms with Gasteiger partial charge in [0.05, 0.1) is 24.6 Å². The maximum atomic E-state index is 15.2. The van der Waals surface area contributed by atoms with Crippen molar-refractivity contribution < 1.29 is 27.7 Å². The number of halogens is 2. The van der Waals surface area contributed by atoms with E-state index in [9.17, 15) is 9.59 Å². The van der Waals surface area contributed by atoms with Crippen molar-refractivity contribution in [3.63, 3.8) is 0 Å². The number of allylic oxidation sites excluding steroid dienone is 3. The van der Waals surface area contributed by atoms with E-state index in [2.05, 4.69) is 0 Å². The zero-order chi connectivity index (χ0) is 29.6. The summed E-state index contributed by atoms with van der Waals surface area (Å²) in [5.41, 5.74) is 7.38. The Morgan fingerprint density at radius 2 is 1.45 bits per heavy atom. The summed E-state index contributed by atoms with van der Waals surface area (Å²) in [4.78, 5) is 29.4. The second-order valence-electron chi connectivity index (χ2n) is 10.5. The van der Waals surface area contributed by atoms with Gasteiger partial charge in [-0.2, -0.15) is 0 Å². The maximum Gasteiger partial charge on any atom is 0.678 e. The third-order valence-electron chi connectivity index (χ3n) is 7.92. The Hall–Kier alpha value is -4.01. The number of carbonyl (C=O) groups is 2. The molecule has 0 bridgehead atoms. The molecule has 1 aliphatic heterocycles. The lowest BCUT2D eigenvalue weighted by atomic mass is 9.84. The molecule has 0 unspecified atom stereocenters. The zero-order valence-electron chi connectivity index (χ0n) is 24.1. The molecule has 0 saturated carbocycles. The first-order valence-electron chi connectivity index (χ1n) is 14.8. The SMILES string of the molecule is CCOC(=O)/C=C/C1=NC(=C(/c2ccccc2)c2c3c(c(/C=C/C(=O)OCC)n2B(F)F)CCCC3)/C2=C1CCCC2. The Kier molecular flexibility index (Phi) is 9.35. The van der Waals surface area contributed by atoms with E-state index in [1.807, 2.05) is 30.3 Å². The molecule has 2 aromatic rings. The van der Waals surface area contributed by atoms with E-state index in [0.29, 0.717) is 41.2 Å². The number of benzene rings is 1. The minimum absolute atomic E-state index is 0.203. The van der Waals surface area contributed by atoms with Crippen molar-refractivity contribution in [2.45, 2.75) is 65.2 Å². The normalized spacial score (nSPS) is 17.8. The van der Waals surface area contributed by atoms with Gasteiger partial charge in [-0.05, 0) is 105 Å². The molecule has 1 aromatic carbocycles. The first-order chi connectivity index (χ1) is 20.4. The second kappa shape index (κ2) is 13.3. The van der Waals surface area contributed by atoms with Crippen LogP contribution >= 0.6 is 0 Å². The number of aromatic nitrogens is 1. The minimum Gasteiger partial charge on any atom is -0.463 e. The van der Waals surface area contributed by atoms with Gasteiger partial charge >= 0.3 is 19.3 Å². The fourth-order valence-electron chi connectivity index (χ4n) is 6.23. The highest BCUT2D eigenvalue weighted by Crippen LogP contribution is 2.45. The molecule has 42 heavy (non-hydrogen) atoms. The monoisotopic (exact) mass is 572 g/mol. The van der Waals surface area contributed by atoms with Gasteiger partial charge in [0, 0.05) is 29.1 Å². The molecule has 0 fully saturated rings. The van der Waals surface area contributed by atoms with Gasteiger partial charge in [0.2, 0.25) is 0 Å². The van der Waals surface area contributed by atoms with Crippen LogP contribution < -0.4 is 0 Å². The molecule has 0 N–H and O–H groups in total. The largest absolute Gasteiger partial charge is 0.678 e. The number of esters is 2. The van der Waals surface area contributed by atoms with E-state index in [1.165, 1.54) is 18.2 Å². The molecular weight excluding hydrogens is 537 g/mol. The van der Waals surface area contributed by atoms with Crippen LogP contribution in [0.5, 0.6) is 0 Å². The average Bonchev–Trinajstić information content (AvgIpc) is 3.52. The molecule has 3 aliphatic rings. The predicted octanol–water partition coefficient (Wildman–Crippen LogP) is 6.92. The molecule has 0 atom stereocenters. The smallest absolute Gasteiger partial charge is 0.463 e. The average molecular weight is 572 g/mol. The van der Waals surface area contributed by atoms with Crippen molar-refractivity contribution in [3.8, 4) is 0 Å². The lowest BCUT2D eigenvalue weighted by Crippen LogP contribution is -2.19. The summed E-state index contributed by atoms with van der Waals surface area (Å²) in [6, 6.07) is 9.56. The number of nitrogens with zero attached hydrogens (tertiary/aromatic N) is 2. The van der Waals surface area contributed by atoms with Crippen LogP contribution in [0.3, 0.4) is 0 Å². The molecule has 0 radical (unpaired) electrons. The summed E-state index contributed by atoms with van der Waals surface area (Å²) in [7, 11) is -2.85. The Bertz CT molecular complexity index is 1520. The molecule has 9 heteroatoms. The van der Waals surface area contributed by atoms with Crippen LogP contribution in [0.25, 0.3) is 11.6 Å². The third kappa shape index (κ3) is 5.96. The van der Waals surface area contributed by atoms with Crippen molar-refractivity contribution >= 4 is 36.7 Å². The highest BCUT2D eigenvalue weighted by Gasteiger charge is 2.36. The summed E-state index contributed by atoms with van der Waals surface area (Å²) in [6.45, 7) is 3.94. The van der Waals surface area contributed by atoms with Crippen LogP contribution in [-0.4, -0.2) is 42.7 Å². The van der Waals surface area contributed by atoms with Crippen molar-refractivity contribution in [3.05, 3.63) is 93.5 Å². The molecule has 0 amide bonds. The summed E-state index contributed by atoms with van der Waals surface area (Å²) in [5.74, 6) is -1.01. The molecule has 6 nitrogen and oxygen atoms in total. The lowest BCUT2D eigenvalue weighted by Gasteiger charge is -2.21. The Balaban J connectivity index is 1.80. The molecule has 2 aliphatic carbocycles. The first-order valence-corrected chi connectivity index (χ1v) is 14.8. The predicted molar refractivity (Wildman–Crippen MR) is 161 cm³/mol. The van der Waals surface area contributed by atoms with Crippen LogP contribution in [0.4, 0.5) is 8.63 Å². The summed E-state index contributed by atoms with van der Waals surface area (Å²) < 4.78 is 41.6. The van der Waals surface area contributed by atoms with E-state index < -0.39 is 19.3 Å². The highest BCUT2D eigenvalue weighted by atomic mass is 19.2. The third-order valence-corrected chi connectivity index (χ3v) is 7.92. The maximum absolute atomic E-state index is 15.2. The van der Waals surface area contributed by atoms with E-state index in [0.717, 1.165) is 70.8 Å². The Morgan fingerprint density at radius 1 is 0.857 bits per heavy atom.